The summed E-state index contributed by atoms with van der Waals surface area (Å²) < 4.78 is 23.5. The minimum atomic E-state index is -4.57. The van der Waals surface area contributed by atoms with E-state index in [1.165, 1.54) is 295 Å². The van der Waals surface area contributed by atoms with E-state index in [4.69, 9.17) is 9.05 Å². The molecular formula is C70H139N2O6P. The number of carbonyl (C=O) groups excluding carboxylic acids is 1. The standard InChI is InChI=1S/C70H139N2O6P/c1-6-8-10-12-14-16-18-20-22-24-26-27-28-29-30-31-32-33-34-35-36-37-38-39-40-41-42-43-44-45-46-48-50-52-54-56-58-60-62-64-70(74)71-68(67-78-79(75,76)77-66-65-72(3,4)5)69(73)63-61-59-57-55-53-51-49-47-25-23-21-19-17-15-13-11-9-7-2/h32-33,35-36,68-69,73H,6-31,34,37-67H2,1-5H3,(H-,71,74,75,76)/b33-32-,36-35-. The van der Waals surface area contributed by atoms with E-state index in [0.717, 1.165) is 44.9 Å². The second kappa shape index (κ2) is 61.5. The Bertz CT molecular complexity index is 1340. The Morgan fingerprint density at radius 2 is 0.734 bits per heavy atom. The van der Waals surface area contributed by atoms with Crippen LogP contribution in [0, 0.1) is 0 Å². The second-order valence-electron chi connectivity index (χ2n) is 25.6. The number of hydrogen-bond donors (Lipinski definition) is 2. The van der Waals surface area contributed by atoms with Gasteiger partial charge in [0.15, 0.2) is 0 Å². The molecular weight excluding hydrogens is 996 g/mol. The molecule has 0 fully saturated rings. The van der Waals surface area contributed by atoms with E-state index in [9.17, 15) is 19.4 Å². The fourth-order valence-electron chi connectivity index (χ4n) is 11.0. The maximum atomic E-state index is 13.0. The Balaban J connectivity index is 3.90. The zero-order valence-electron chi connectivity index (χ0n) is 53.9. The Kier molecular flexibility index (Phi) is 60.7. The van der Waals surface area contributed by atoms with Crippen LogP contribution in [0.5, 0.6) is 0 Å². The van der Waals surface area contributed by atoms with Crippen molar-refractivity contribution in [3.05, 3.63) is 24.3 Å². The van der Waals surface area contributed by atoms with Crippen LogP contribution in [0.1, 0.15) is 367 Å². The third-order valence-electron chi connectivity index (χ3n) is 16.4. The predicted molar refractivity (Wildman–Crippen MR) is 344 cm³/mol. The number of aliphatic hydroxyl groups is 1. The fourth-order valence-corrected chi connectivity index (χ4v) is 11.7. The number of quaternary nitrogens is 1. The summed E-state index contributed by atoms with van der Waals surface area (Å²) in [6.45, 7) is 4.78. The van der Waals surface area contributed by atoms with Crippen LogP contribution in [0.15, 0.2) is 24.3 Å². The number of unbranched alkanes of at least 4 members (excludes halogenated alkanes) is 49. The highest BCUT2D eigenvalue weighted by Gasteiger charge is 2.24. The summed E-state index contributed by atoms with van der Waals surface area (Å²) in [6, 6.07) is -0.799. The molecule has 8 nitrogen and oxygen atoms in total. The number of phosphoric acid groups is 1. The summed E-state index contributed by atoms with van der Waals surface area (Å²) >= 11 is 0. The van der Waals surface area contributed by atoms with E-state index in [-0.39, 0.29) is 19.1 Å². The molecule has 79 heavy (non-hydrogen) atoms. The topological polar surface area (TPSA) is 108 Å². The normalized spacial score (nSPS) is 13.8. The molecule has 0 spiro atoms. The van der Waals surface area contributed by atoms with Gasteiger partial charge in [-0.2, -0.15) is 0 Å². The summed E-state index contributed by atoms with van der Waals surface area (Å²) in [7, 11) is 1.32. The lowest BCUT2D eigenvalue weighted by Gasteiger charge is -2.30. The summed E-state index contributed by atoms with van der Waals surface area (Å²) in [5.74, 6) is -0.158. The quantitative estimate of drug-likeness (QED) is 0.0272. The number of phosphoric ester groups is 1. The smallest absolute Gasteiger partial charge is 0.268 e. The average molecular weight is 1140 g/mol. The van der Waals surface area contributed by atoms with Crippen molar-refractivity contribution in [1.29, 1.82) is 0 Å². The third kappa shape index (κ3) is 64.4. The van der Waals surface area contributed by atoms with Gasteiger partial charge in [0.05, 0.1) is 39.9 Å². The molecule has 470 valence electrons. The molecule has 3 unspecified atom stereocenters. The number of rotatable bonds is 66. The molecule has 0 radical (unpaired) electrons. The lowest BCUT2D eigenvalue weighted by atomic mass is 10.0. The van der Waals surface area contributed by atoms with Crippen LogP contribution in [-0.4, -0.2) is 68.5 Å². The molecule has 1 amide bonds. The molecule has 0 aromatic carbocycles. The highest BCUT2D eigenvalue weighted by molar-refractivity contribution is 7.45. The molecule has 9 heteroatoms. The van der Waals surface area contributed by atoms with E-state index in [1.807, 2.05) is 21.1 Å². The minimum absolute atomic E-state index is 0.0146. The van der Waals surface area contributed by atoms with Gasteiger partial charge in [-0.15, -0.1) is 0 Å². The Labute approximate surface area is 494 Å². The van der Waals surface area contributed by atoms with Gasteiger partial charge in [0.1, 0.15) is 13.2 Å². The summed E-state index contributed by atoms with van der Waals surface area (Å²) in [5, 5.41) is 14.1. The fraction of sp³-hybridized carbons (Fsp3) is 0.929. The first kappa shape index (κ1) is 78.0. The number of carbonyl (C=O) groups is 1. The van der Waals surface area contributed by atoms with Gasteiger partial charge in [0.2, 0.25) is 5.91 Å². The molecule has 0 aromatic heterocycles. The Morgan fingerprint density at radius 3 is 1.05 bits per heavy atom. The number of nitrogens with one attached hydrogen (secondary N) is 1. The first-order chi connectivity index (χ1) is 38.5. The third-order valence-corrected chi connectivity index (χ3v) is 17.4. The van der Waals surface area contributed by atoms with Crippen LogP contribution in [0.4, 0.5) is 0 Å². The van der Waals surface area contributed by atoms with Gasteiger partial charge >= 0.3 is 0 Å². The maximum Gasteiger partial charge on any atom is 0.268 e. The van der Waals surface area contributed by atoms with Crippen molar-refractivity contribution >= 4 is 13.7 Å². The van der Waals surface area contributed by atoms with Crippen molar-refractivity contribution in [3.63, 3.8) is 0 Å². The largest absolute Gasteiger partial charge is 0.756 e. The monoisotopic (exact) mass is 1140 g/mol. The van der Waals surface area contributed by atoms with E-state index in [0.29, 0.717) is 23.9 Å². The minimum Gasteiger partial charge on any atom is -0.756 e. The van der Waals surface area contributed by atoms with Crippen molar-refractivity contribution in [3.8, 4) is 0 Å². The lowest BCUT2D eigenvalue weighted by Crippen LogP contribution is -2.46. The van der Waals surface area contributed by atoms with Gasteiger partial charge in [-0.3, -0.25) is 9.36 Å². The van der Waals surface area contributed by atoms with Crippen LogP contribution in [0.25, 0.3) is 0 Å². The number of likely N-dealkylation sites (N-methyl/N-ethyl adjacent to an activating group) is 1. The van der Waals surface area contributed by atoms with Gasteiger partial charge in [-0.25, -0.2) is 0 Å². The number of nitrogens with zero attached hydrogens (tertiary/aromatic N) is 1. The highest BCUT2D eigenvalue weighted by atomic mass is 31.2. The first-order valence-corrected chi connectivity index (χ1v) is 36.6. The van der Waals surface area contributed by atoms with Crippen molar-refractivity contribution in [2.45, 2.75) is 379 Å². The SMILES string of the molecule is CCCCCCCCCCCCCCCCC/C=C\C/C=C\CCCCCCCCCCCCCCCCCCCC(=O)NC(COP(=O)([O-])OCC[N+](C)(C)C)C(O)CCCCCCCCCCCCCCCCCCCC. The molecule has 0 aliphatic heterocycles. The molecule has 0 heterocycles. The van der Waals surface area contributed by atoms with Crippen LogP contribution in [-0.2, 0) is 18.4 Å². The van der Waals surface area contributed by atoms with Gasteiger partial charge in [0.25, 0.3) is 7.82 Å². The van der Waals surface area contributed by atoms with Gasteiger partial charge in [-0.1, -0.05) is 340 Å². The molecule has 0 saturated carbocycles. The van der Waals surface area contributed by atoms with Gasteiger partial charge in [-0.05, 0) is 44.9 Å². The second-order valence-corrected chi connectivity index (χ2v) is 27.0. The Hall–Kier alpha value is -1.02. The lowest BCUT2D eigenvalue weighted by molar-refractivity contribution is -0.870. The van der Waals surface area contributed by atoms with Crippen molar-refractivity contribution < 1.29 is 32.9 Å². The van der Waals surface area contributed by atoms with E-state index >= 15 is 0 Å². The molecule has 0 bridgehead atoms. The summed E-state index contributed by atoms with van der Waals surface area (Å²) in [5.41, 5.74) is 0. The molecule has 2 N–H and O–H groups in total. The highest BCUT2D eigenvalue weighted by Crippen LogP contribution is 2.38. The van der Waals surface area contributed by atoms with Crippen LogP contribution < -0.4 is 10.2 Å². The molecule has 0 rings (SSSR count). The van der Waals surface area contributed by atoms with E-state index in [2.05, 4.69) is 43.5 Å². The van der Waals surface area contributed by atoms with Crippen LogP contribution in [0.2, 0.25) is 0 Å². The molecule has 0 aliphatic carbocycles. The maximum absolute atomic E-state index is 13.0. The Morgan fingerprint density at radius 1 is 0.443 bits per heavy atom. The average Bonchev–Trinajstić information content (AvgIpc) is 3.42. The van der Waals surface area contributed by atoms with Crippen molar-refractivity contribution in [1.82, 2.24) is 5.32 Å². The number of aliphatic hydroxyl groups excluding tert-OH is 1. The molecule has 0 saturated heterocycles. The van der Waals surface area contributed by atoms with Gasteiger partial charge < -0.3 is 28.8 Å². The van der Waals surface area contributed by atoms with Gasteiger partial charge in [0, 0.05) is 6.42 Å². The molecule has 3 atom stereocenters. The zero-order valence-corrected chi connectivity index (χ0v) is 54.8. The number of allylic oxidation sites excluding steroid dienone is 4. The zero-order chi connectivity index (χ0) is 57.7. The number of hydrogen-bond acceptors (Lipinski definition) is 6. The van der Waals surface area contributed by atoms with E-state index < -0.39 is 20.0 Å². The summed E-state index contributed by atoms with van der Waals surface area (Å²) in [4.78, 5) is 25.6. The van der Waals surface area contributed by atoms with E-state index in [1.54, 1.807) is 0 Å². The van der Waals surface area contributed by atoms with Crippen LogP contribution in [0.3, 0.4) is 0 Å². The predicted octanol–water partition coefficient (Wildman–Crippen LogP) is 21.6. The summed E-state index contributed by atoms with van der Waals surface area (Å²) in [6.07, 6.45) is 79.8. The van der Waals surface area contributed by atoms with Crippen molar-refractivity contribution in [2.24, 2.45) is 0 Å². The first-order valence-electron chi connectivity index (χ1n) is 35.2. The number of amides is 1. The van der Waals surface area contributed by atoms with Crippen molar-refractivity contribution in [2.75, 3.05) is 40.9 Å². The molecule has 0 aromatic rings. The van der Waals surface area contributed by atoms with Crippen LogP contribution >= 0.6 is 7.82 Å². The molecule has 0 aliphatic rings.